The van der Waals surface area contributed by atoms with Crippen molar-refractivity contribution in [3.8, 4) is 0 Å². The lowest BCUT2D eigenvalue weighted by molar-refractivity contribution is -0.120. The zero-order valence-electron chi connectivity index (χ0n) is 13.1. The van der Waals surface area contributed by atoms with Crippen LogP contribution in [0.25, 0.3) is 0 Å². The minimum atomic E-state index is -3.72. The number of amides is 1. The molecule has 0 aliphatic rings. The van der Waals surface area contributed by atoms with Crippen molar-refractivity contribution in [3.05, 3.63) is 23.3 Å². The van der Waals surface area contributed by atoms with Crippen LogP contribution < -0.4 is 15.4 Å². The molecule has 21 heavy (non-hydrogen) atoms. The Hall–Kier alpha value is -1.60. The van der Waals surface area contributed by atoms with Gasteiger partial charge >= 0.3 is 0 Å². The van der Waals surface area contributed by atoms with Crippen molar-refractivity contribution in [2.45, 2.75) is 38.6 Å². The molecule has 0 atom stereocenters. The van der Waals surface area contributed by atoms with E-state index < -0.39 is 10.0 Å². The van der Waals surface area contributed by atoms with Gasteiger partial charge in [-0.2, -0.15) is 0 Å². The van der Waals surface area contributed by atoms with Crippen LogP contribution in [0.15, 0.2) is 17.0 Å². The quantitative estimate of drug-likeness (QED) is 0.735. The van der Waals surface area contributed by atoms with E-state index in [0.717, 1.165) is 5.69 Å². The SMILES string of the molecule is CNc1cc(C)c(S(=O)(=O)NCC(=O)NC(C)C)c(C)c1. The first-order chi connectivity index (χ1) is 9.67. The molecule has 0 aliphatic heterocycles. The molecule has 7 heteroatoms. The maximum atomic E-state index is 12.4. The minimum absolute atomic E-state index is 0.0274. The molecule has 0 aliphatic carbocycles. The third-order valence-corrected chi connectivity index (χ3v) is 4.60. The van der Waals surface area contributed by atoms with Crippen LogP contribution in [0.5, 0.6) is 0 Å². The number of hydrogen-bond donors (Lipinski definition) is 3. The summed E-state index contributed by atoms with van der Waals surface area (Å²) >= 11 is 0. The predicted octanol–water partition coefficient (Wildman–Crippen LogP) is 1.15. The fourth-order valence-electron chi connectivity index (χ4n) is 2.12. The average molecular weight is 313 g/mol. The van der Waals surface area contributed by atoms with Crippen LogP contribution in [-0.4, -0.2) is 34.0 Å². The number of carbonyl (C=O) groups excluding carboxylic acids is 1. The summed E-state index contributed by atoms with van der Waals surface area (Å²) in [6.45, 7) is 6.83. The van der Waals surface area contributed by atoms with Crippen molar-refractivity contribution in [1.29, 1.82) is 0 Å². The van der Waals surface area contributed by atoms with E-state index in [1.165, 1.54) is 0 Å². The molecule has 1 amide bonds. The fraction of sp³-hybridized carbons (Fsp3) is 0.500. The summed E-state index contributed by atoms with van der Waals surface area (Å²) in [5.74, 6) is -0.351. The van der Waals surface area contributed by atoms with Crippen molar-refractivity contribution in [1.82, 2.24) is 10.0 Å². The van der Waals surface area contributed by atoms with Gasteiger partial charge in [0.05, 0.1) is 11.4 Å². The summed E-state index contributed by atoms with van der Waals surface area (Å²) in [7, 11) is -1.94. The standard InChI is InChI=1S/C14H23N3O3S/c1-9(2)17-13(18)8-16-21(19,20)14-10(3)6-12(15-5)7-11(14)4/h6-7,9,15-16H,8H2,1-5H3,(H,17,18). The van der Waals surface area contributed by atoms with E-state index in [9.17, 15) is 13.2 Å². The van der Waals surface area contributed by atoms with E-state index >= 15 is 0 Å². The van der Waals surface area contributed by atoms with Crippen molar-refractivity contribution in [2.75, 3.05) is 18.9 Å². The van der Waals surface area contributed by atoms with E-state index in [0.29, 0.717) is 11.1 Å². The highest BCUT2D eigenvalue weighted by atomic mass is 32.2. The van der Waals surface area contributed by atoms with Crippen LogP contribution in [0.2, 0.25) is 0 Å². The average Bonchev–Trinajstić information content (AvgIpc) is 2.34. The van der Waals surface area contributed by atoms with Crippen LogP contribution in [0.1, 0.15) is 25.0 Å². The van der Waals surface area contributed by atoms with Gasteiger partial charge in [-0.05, 0) is 51.0 Å². The highest BCUT2D eigenvalue weighted by Gasteiger charge is 2.21. The second-order valence-electron chi connectivity index (χ2n) is 5.24. The number of nitrogens with one attached hydrogen (secondary N) is 3. The fourth-order valence-corrected chi connectivity index (χ4v) is 3.56. The monoisotopic (exact) mass is 313 g/mol. The van der Waals surface area contributed by atoms with Crippen molar-refractivity contribution >= 4 is 21.6 Å². The second-order valence-corrected chi connectivity index (χ2v) is 6.94. The smallest absolute Gasteiger partial charge is 0.241 e. The Kier molecular flexibility index (Phi) is 5.74. The van der Waals surface area contributed by atoms with Crippen LogP contribution >= 0.6 is 0 Å². The first kappa shape index (κ1) is 17.5. The number of sulfonamides is 1. The Morgan fingerprint density at radius 1 is 1.19 bits per heavy atom. The van der Waals surface area contributed by atoms with Crippen molar-refractivity contribution < 1.29 is 13.2 Å². The molecule has 1 rings (SSSR count). The van der Waals surface area contributed by atoms with E-state index in [4.69, 9.17) is 0 Å². The number of hydrogen-bond acceptors (Lipinski definition) is 4. The Bertz CT molecular complexity index is 601. The minimum Gasteiger partial charge on any atom is -0.388 e. The van der Waals surface area contributed by atoms with Crippen LogP contribution in [0, 0.1) is 13.8 Å². The van der Waals surface area contributed by atoms with Crippen LogP contribution in [0.3, 0.4) is 0 Å². The van der Waals surface area contributed by atoms with Crippen molar-refractivity contribution in [2.24, 2.45) is 0 Å². The third kappa shape index (κ3) is 4.71. The molecule has 0 bridgehead atoms. The van der Waals surface area contributed by atoms with E-state index in [1.54, 1.807) is 33.0 Å². The highest BCUT2D eigenvalue weighted by Crippen LogP contribution is 2.23. The summed E-state index contributed by atoms with van der Waals surface area (Å²) in [5.41, 5.74) is 2.12. The Morgan fingerprint density at radius 2 is 1.71 bits per heavy atom. The third-order valence-electron chi connectivity index (χ3n) is 2.89. The maximum Gasteiger partial charge on any atom is 0.241 e. The summed E-state index contributed by atoms with van der Waals surface area (Å²) in [6, 6.07) is 3.49. The summed E-state index contributed by atoms with van der Waals surface area (Å²) in [5, 5.41) is 5.62. The molecule has 0 spiro atoms. The molecule has 0 saturated carbocycles. The maximum absolute atomic E-state index is 12.4. The van der Waals surface area contributed by atoms with Crippen LogP contribution in [0.4, 0.5) is 5.69 Å². The van der Waals surface area contributed by atoms with Gasteiger partial charge < -0.3 is 10.6 Å². The van der Waals surface area contributed by atoms with E-state index in [-0.39, 0.29) is 23.4 Å². The first-order valence-corrected chi connectivity index (χ1v) is 8.23. The van der Waals surface area contributed by atoms with Crippen LogP contribution in [-0.2, 0) is 14.8 Å². The molecule has 0 aromatic heterocycles. The van der Waals surface area contributed by atoms with Gasteiger partial charge in [0, 0.05) is 18.8 Å². The largest absolute Gasteiger partial charge is 0.388 e. The van der Waals surface area contributed by atoms with Gasteiger partial charge in [0.25, 0.3) is 0 Å². The van der Waals surface area contributed by atoms with Gasteiger partial charge in [-0.1, -0.05) is 0 Å². The lowest BCUT2D eigenvalue weighted by atomic mass is 10.1. The van der Waals surface area contributed by atoms with Gasteiger partial charge in [-0.25, -0.2) is 13.1 Å². The molecular formula is C14H23N3O3S. The summed E-state index contributed by atoms with van der Waals surface area (Å²) < 4.78 is 27.0. The number of rotatable bonds is 6. The van der Waals surface area contributed by atoms with Gasteiger partial charge in [0.2, 0.25) is 15.9 Å². The zero-order valence-corrected chi connectivity index (χ0v) is 13.9. The molecular weight excluding hydrogens is 290 g/mol. The molecule has 0 unspecified atom stereocenters. The number of carbonyl (C=O) groups is 1. The van der Waals surface area contributed by atoms with Gasteiger partial charge in [0.15, 0.2) is 0 Å². The Labute approximate surface area is 126 Å². The Balaban J connectivity index is 2.96. The molecule has 0 heterocycles. The molecule has 118 valence electrons. The van der Waals surface area contributed by atoms with Gasteiger partial charge in [-0.15, -0.1) is 0 Å². The lowest BCUT2D eigenvalue weighted by Gasteiger charge is -2.14. The zero-order chi connectivity index (χ0) is 16.2. The predicted molar refractivity (Wildman–Crippen MR) is 83.9 cm³/mol. The second kappa shape index (κ2) is 6.91. The molecule has 1 aromatic rings. The summed E-state index contributed by atoms with van der Waals surface area (Å²) in [6.07, 6.45) is 0. The highest BCUT2D eigenvalue weighted by molar-refractivity contribution is 7.89. The number of anilines is 1. The normalized spacial score (nSPS) is 11.5. The molecule has 0 fully saturated rings. The molecule has 1 aromatic carbocycles. The lowest BCUT2D eigenvalue weighted by Crippen LogP contribution is -2.40. The molecule has 6 nitrogen and oxygen atoms in total. The topological polar surface area (TPSA) is 87.3 Å². The first-order valence-electron chi connectivity index (χ1n) is 6.75. The van der Waals surface area contributed by atoms with E-state index in [2.05, 4.69) is 15.4 Å². The van der Waals surface area contributed by atoms with Crippen molar-refractivity contribution in [3.63, 3.8) is 0 Å². The molecule has 0 saturated heterocycles. The van der Waals surface area contributed by atoms with Gasteiger partial charge in [0.1, 0.15) is 0 Å². The summed E-state index contributed by atoms with van der Waals surface area (Å²) in [4.78, 5) is 11.8. The molecule has 3 N–H and O–H groups in total. The van der Waals surface area contributed by atoms with Gasteiger partial charge in [-0.3, -0.25) is 4.79 Å². The molecule has 0 radical (unpaired) electrons. The number of benzene rings is 1. The number of aryl methyl sites for hydroxylation is 2. The Morgan fingerprint density at radius 3 is 2.14 bits per heavy atom. The van der Waals surface area contributed by atoms with E-state index in [1.807, 2.05) is 13.8 Å².